The Balaban J connectivity index is 1.56. The molecule has 5 aliphatic carbocycles. The van der Waals surface area contributed by atoms with Crippen LogP contribution in [-0.4, -0.2) is 34.0 Å². The molecule has 4 nitrogen and oxygen atoms in total. The third-order valence-corrected chi connectivity index (χ3v) is 13.6. The number of fused-ring (bicyclic) bond motifs is 7. The van der Waals surface area contributed by atoms with Crippen LogP contribution in [0.15, 0.2) is 12.2 Å². The number of aliphatic carboxylic acids is 1. The molecule has 5 fully saturated rings. The standard InChI is InChI=1S/C30H48O4/c1-18(2)19-9-14-30(25(33)34)16-15-28(5)20(24(19)30)7-8-22-26(3)12-11-23(32)27(4,17-31)21(26)10-13-29(22,28)6/h19-24,31-32H,1,7-17H2,2-6H3,(H,33,34)/t19-,20?,21?,22?,23-,24?,26-,27-,28+,29+,30?/m0/s1. The van der Waals surface area contributed by atoms with Crippen LogP contribution in [0.1, 0.15) is 98.8 Å². The third kappa shape index (κ3) is 2.76. The number of allylic oxidation sites excluding steroid dienone is 1. The predicted molar refractivity (Wildman–Crippen MR) is 134 cm³/mol. The highest BCUT2D eigenvalue weighted by Crippen LogP contribution is 2.77. The summed E-state index contributed by atoms with van der Waals surface area (Å²) >= 11 is 0. The van der Waals surface area contributed by atoms with Gasteiger partial charge in [-0.25, -0.2) is 0 Å². The topological polar surface area (TPSA) is 77.8 Å². The second kappa shape index (κ2) is 7.57. The van der Waals surface area contributed by atoms with Gasteiger partial charge in [-0.1, -0.05) is 39.8 Å². The van der Waals surface area contributed by atoms with E-state index < -0.39 is 22.9 Å². The minimum absolute atomic E-state index is 0.0568. The fraction of sp³-hybridized carbons (Fsp3) is 0.900. The fourth-order valence-electron chi connectivity index (χ4n) is 11.5. The number of hydrogen-bond acceptors (Lipinski definition) is 3. The molecule has 34 heavy (non-hydrogen) atoms. The molecule has 0 saturated heterocycles. The molecule has 5 aliphatic rings. The molecule has 0 radical (unpaired) electrons. The first kappa shape index (κ1) is 24.8. The van der Waals surface area contributed by atoms with Gasteiger partial charge in [-0.05, 0) is 117 Å². The molecule has 11 atom stereocenters. The molecule has 0 heterocycles. The van der Waals surface area contributed by atoms with Crippen LogP contribution in [0.5, 0.6) is 0 Å². The number of rotatable bonds is 3. The predicted octanol–water partition coefficient (Wildman–Crippen LogP) is 6.06. The third-order valence-electron chi connectivity index (χ3n) is 13.6. The summed E-state index contributed by atoms with van der Waals surface area (Å²) in [4.78, 5) is 12.8. The SMILES string of the molecule is C=C(C)[C@@H]1CCC2(C(=O)O)CC[C@]3(C)C(CCC4[C@@]5(C)CC[C@H](O)[C@@](C)(CO)C5CC[C@]43C)C12. The van der Waals surface area contributed by atoms with E-state index >= 15 is 0 Å². The van der Waals surface area contributed by atoms with E-state index in [1.165, 1.54) is 5.57 Å². The summed E-state index contributed by atoms with van der Waals surface area (Å²) in [5.41, 5.74) is 0.586. The van der Waals surface area contributed by atoms with E-state index in [2.05, 4.69) is 41.2 Å². The zero-order valence-corrected chi connectivity index (χ0v) is 22.2. The number of hydrogen-bond donors (Lipinski definition) is 3. The number of aliphatic hydroxyl groups is 2. The molecule has 0 aromatic heterocycles. The number of carboxylic acid groups (broad SMARTS) is 1. The second-order valence-corrected chi connectivity index (χ2v) is 14.4. The van der Waals surface area contributed by atoms with Crippen molar-refractivity contribution in [1.29, 1.82) is 0 Å². The van der Waals surface area contributed by atoms with E-state index in [9.17, 15) is 20.1 Å². The quantitative estimate of drug-likeness (QED) is 0.436. The Bertz CT molecular complexity index is 883. The van der Waals surface area contributed by atoms with Crippen molar-refractivity contribution < 1.29 is 20.1 Å². The van der Waals surface area contributed by atoms with E-state index in [0.29, 0.717) is 23.7 Å². The van der Waals surface area contributed by atoms with E-state index in [1.54, 1.807) is 0 Å². The second-order valence-electron chi connectivity index (χ2n) is 14.4. The molecule has 5 saturated carbocycles. The maximum Gasteiger partial charge on any atom is 0.309 e. The van der Waals surface area contributed by atoms with E-state index in [1.807, 2.05) is 0 Å². The van der Waals surface area contributed by atoms with Crippen LogP contribution in [0, 0.1) is 56.7 Å². The van der Waals surface area contributed by atoms with Crippen molar-refractivity contribution in [2.75, 3.05) is 6.61 Å². The normalized spacial score (nSPS) is 56.6. The van der Waals surface area contributed by atoms with Crippen LogP contribution in [-0.2, 0) is 4.79 Å². The molecule has 4 heteroatoms. The van der Waals surface area contributed by atoms with Crippen molar-refractivity contribution >= 4 is 5.97 Å². The summed E-state index contributed by atoms with van der Waals surface area (Å²) in [5.74, 6) is 1.30. The maximum absolute atomic E-state index is 12.8. The van der Waals surface area contributed by atoms with Gasteiger partial charge in [0.2, 0.25) is 0 Å². The highest BCUT2D eigenvalue weighted by molar-refractivity contribution is 5.76. The van der Waals surface area contributed by atoms with Gasteiger partial charge in [-0.2, -0.15) is 0 Å². The Kier molecular flexibility index (Phi) is 5.52. The average molecular weight is 473 g/mol. The summed E-state index contributed by atoms with van der Waals surface area (Å²) in [7, 11) is 0. The highest BCUT2D eigenvalue weighted by Gasteiger charge is 2.72. The van der Waals surface area contributed by atoms with E-state index in [-0.39, 0.29) is 28.8 Å². The zero-order valence-electron chi connectivity index (χ0n) is 22.2. The minimum atomic E-state index is -0.567. The van der Waals surface area contributed by atoms with Gasteiger partial charge in [0.05, 0.1) is 18.1 Å². The molecule has 3 N–H and O–H groups in total. The Hall–Kier alpha value is -0.870. The van der Waals surface area contributed by atoms with Crippen LogP contribution in [0.25, 0.3) is 0 Å². The zero-order chi connectivity index (χ0) is 24.9. The molecular weight excluding hydrogens is 424 g/mol. The van der Waals surface area contributed by atoms with Crippen molar-refractivity contribution in [2.24, 2.45) is 56.7 Å². The first-order valence-electron chi connectivity index (χ1n) is 14.0. The van der Waals surface area contributed by atoms with Crippen LogP contribution in [0.4, 0.5) is 0 Å². The van der Waals surface area contributed by atoms with Crippen molar-refractivity contribution in [3.8, 4) is 0 Å². The Labute approximate surface area is 206 Å². The monoisotopic (exact) mass is 472 g/mol. The molecular formula is C30H48O4. The van der Waals surface area contributed by atoms with Crippen LogP contribution >= 0.6 is 0 Å². The molecule has 0 amide bonds. The summed E-state index contributed by atoms with van der Waals surface area (Å²) in [6.07, 6.45) is 9.43. The molecule has 0 bridgehead atoms. The number of carbonyl (C=O) groups is 1. The Morgan fingerprint density at radius 2 is 1.59 bits per heavy atom. The lowest BCUT2D eigenvalue weighted by Crippen LogP contribution is -2.67. The molecule has 5 unspecified atom stereocenters. The molecule has 0 aromatic carbocycles. The molecule has 0 aromatic rings. The van der Waals surface area contributed by atoms with Gasteiger partial charge in [0.25, 0.3) is 0 Å². The van der Waals surface area contributed by atoms with Gasteiger partial charge in [0, 0.05) is 5.41 Å². The molecule has 5 rings (SSSR count). The first-order valence-corrected chi connectivity index (χ1v) is 14.0. The molecule has 0 aliphatic heterocycles. The maximum atomic E-state index is 12.8. The smallest absolute Gasteiger partial charge is 0.309 e. The van der Waals surface area contributed by atoms with Gasteiger partial charge < -0.3 is 15.3 Å². The molecule has 0 spiro atoms. The van der Waals surface area contributed by atoms with Gasteiger partial charge >= 0.3 is 5.97 Å². The van der Waals surface area contributed by atoms with Gasteiger partial charge in [-0.3, -0.25) is 4.79 Å². The molecule has 192 valence electrons. The summed E-state index contributed by atoms with van der Waals surface area (Å²) in [6, 6.07) is 0. The fourth-order valence-corrected chi connectivity index (χ4v) is 11.5. The summed E-state index contributed by atoms with van der Waals surface area (Å²) < 4.78 is 0. The lowest BCUT2D eigenvalue weighted by Gasteiger charge is -2.72. The van der Waals surface area contributed by atoms with Crippen LogP contribution in [0.3, 0.4) is 0 Å². The first-order chi connectivity index (χ1) is 15.8. The average Bonchev–Trinajstić information content (AvgIpc) is 3.18. The van der Waals surface area contributed by atoms with Gasteiger partial charge in [0.1, 0.15) is 0 Å². The summed E-state index contributed by atoms with van der Waals surface area (Å²) in [6.45, 7) is 16.2. The lowest BCUT2D eigenvalue weighted by molar-refractivity contribution is -0.254. The van der Waals surface area contributed by atoms with Gasteiger partial charge in [-0.15, -0.1) is 0 Å². The minimum Gasteiger partial charge on any atom is -0.481 e. The Morgan fingerprint density at radius 3 is 2.21 bits per heavy atom. The number of aliphatic hydroxyl groups excluding tert-OH is 2. The van der Waals surface area contributed by atoms with E-state index in [0.717, 1.165) is 64.2 Å². The highest BCUT2D eigenvalue weighted by atomic mass is 16.4. The van der Waals surface area contributed by atoms with Crippen molar-refractivity contribution in [3.05, 3.63) is 12.2 Å². The number of carboxylic acids is 1. The summed E-state index contributed by atoms with van der Waals surface area (Å²) in [5, 5.41) is 31.8. The van der Waals surface area contributed by atoms with E-state index in [4.69, 9.17) is 0 Å². The van der Waals surface area contributed by atoms with Crippen molar-refractivity contribution in [1.82, 2.24) is 0 Å². The Morgan fingerprint density at radius 1 is 0.882 bits per heavy atom. The van der Waals surface area contributed by atoms with Crippen molar-refractivity contribution in [2.45, 2.75) is 105 Å². The van der Waals surface area contributed by atoms with Crippen LogP contribution in [0.2, 0.25) is 0 Å². The van der Waals surface area contributed by atoms with Crippen LogP contribution < -0.4 is 0 Å². The largest absolute Gasteiger partial charge is 0.481 e. The van der Waals surface area contributed by atoms with Crippen molar-refractivity contribution in [3.63, 3.8) is 0 Å². The van der Waals surface area contributed by atoms with Gasteiger partial charge in [0.15, 0.2) is 0 Å². The lowest BCUT2D eigenvalue weighted by atomic mass is 9.32.